The van der Waals surface area contributed by atoms with Gasteiger partial charge in [-0.25, -0.2) is 19.9 Å². The molecule has 6 heterocycles. The van der Waals surface area contributed by atoms with E-state index >= 15 is 0 Å². The maximum Gasteiger partial charge on any atom is 0.248 e. The summed E-state index contributed by atoms with van der Waals surface area (Å²) >= 11 is 0. The van der Waals surface area contributed by atoms with Crippen molar-refractivity contribution in [3.05, 3.63) is 60.2 Å². The Hall–Kier alpha value is -4.09. The van der Waals surface area contributed by atoms with Crippen molar-refractivity contribution in [1.29, 1.82) is 0 Å². The van der Waals surface area contributed by atoms with Crippen molar-refractivity contribution in [2.75, 3.05) is 44.4 Å². The van der Waals surface area contributed by atoms with Gasteiger partial charge in [0, 0.05) is 49.2 Å². The van der Waals surface area contributed by atoms with E-state index in [9.17, 15) is 4.79 Å². The summed E-state index contributed by atoms with van der Waals surface area (Å²) in [4.78, 5) is 36.0. The van der Waals surface area contributed by atoms with E-state index in [1.54, 1.807) is 0 Å². The van der Waals surface area contributed by atoms with Crippen LogP contribution in [-0.4, -0.2) is 86.4 Å². The highest BCUT2D eigenvalue weighted by molar-refractivity contribution is 5.78. The summed E-state index contributed by atoms with van der Waals surface area (Å²) in [6.45, 7) is 11.3. The Bertz CT molecular complexity index is 1650. The van der Waals surface area contributed by atoms with E-state index < -0.39 is 5.54 Å². The number of carbonyl (C=O) groups is 1. The summed E-state index contributed by atoms with van der Waals surface area (Å²) in [5.74, 6) is 2.36. The number of aromatic nitrogens is 5. The minimum absolute atomic E-state index is 0.0119. The lowest BCUT2D eigenvalue weighted by atomic mass is 9.91. The van der Waals surface area contributed by atoms with Crippen molar-refractivity contribution in [1.82, 2.24) is 29.4 Å². The van der Waals surface area contributed by atoms with Crippen LogP contribution in [0.4, 0.5) is 5.95 Å². The highest BCUT2D eigenvalue weighted by Gasteiger charge is 2.47. The first-order chi connectivity index (χ1) is 20.2. The lowest BCUT2D eigenvalue weighted by molar-refractivity contribution is -0.143. The average molecular weight is 570 g/mol. The van der Waals surface area contributed by atoms with Gasteiger partial charge in [0.1, 0.15) is 42.5 Å². The summed E-state index contributed by atoms with van der Waals surface area (Å²) < 4.78 is 20.0. The molecule has 3 aromatic heterocycles. The standard InChI is InChI=1S/C31H35N7O4/c1-20-15-36(11-12-37(20)27(39)17-42-30(2,3)4)29-32-13-21(14-33-29)23-9-10-24-28(35-23)38-26(34-24)16-40-18-31(38)19-41-25-8-6-5-7-22(25)31/h5-10,13-14,20H,11-12,15-19H2,1-4H3/t20-,31?/m0/s1. The van der Waals surface area contributed by atoms with Crippen LogP contribution in [-0.2, 0) is 26.4 Å². The van der Waals surface area contributed by atoms with Crippen LogP contribution < -0.4 is 9.64 Å². The molecule has 0 bridgehead atoms. The van der Waals surface area contributed by atoms with Gasteiger partial charge in [0.25, 0.3) is 0 Å². The molecule has 3 aliphatic rings. The number of hydrogen-bond donors (Lipinski definition) is 0. The smallest absolute Gasteiger partial charge is 0.248 e. The molecule has 2 atom stereocenters. The third kappa shape index (κ3) is 4.57. The van der Waals surface area contributed by atoms with Crippen LogP contribution in [0.5, 0.6) is 5.75 Å². The fourth-order valence-corrected chi connectivity index (χ4v) is 6.13. The second kappa shape index (κ2) is 10.0. The van der Waals surface area contributed by atoms with Crippen LogP contribution in [0.3, 0.4) is 0 Å². The van der Waals surface area contributed by atoms with Crippen molar-refractivity contribution >= 4 is 23.0 Å². The van der Waals surface area contributed by atoms with Gasteiger partial charge in [-0.3, -0.25) is 9.36 Å². The monoisotopic (exact) mass is 569 g/mol. The van der Waals surface area contributed by atoms with Gasteiger partial charge in [0.2, 0.25) is 11.9 Å². The van der Waals surface area contributed by atoms with E-state index in [2.05, 4.69) is 15.5 Å². The summed E-state index contributed by atoms with van der Waals surface area (Å²) in [5.41, 5.74) is 3.43. The first-order valence-corrected chi connectivity index (χ1v) is 14.4. The van der Waals surface area contributed by atoms with Crippen LogP contribution in [0.2, 0.25) is 0 Å². The number of piperazine rings is 1. The number of amides is 1. The van der Waals surface area contributed by atoms with Gasteiger partial charge < -0.3 is 24.0 Å². The molecule has 42 heavy (non-hydrogen) atoms. The van der Waals surface area contributed by atoms with Crippen molar-refractivity contribution in [3.8, 4) is 17.0 Å². The topological polar surface area (TPSA) is 108 Å². The van der Waals surface area contributed by atoms with Crippen LogP contribution >= 0.6 is 0 Å². The highest BCUT2D eigenvalue weighted by atomic mass is 16.5. The fourth-order valence-electron chi connectivity index (χ4n) is 6.13. The molecule has 11 nitrogen and oxygen atoms in total. The third-order valence-corrected chi connectivity index (χ3v) is 8.22. The molecule has 3 aliphatic heterocycles. The van der Waals surface area contributed by atoms with E-state index in [4.69, 9.17) is 34.1 Å². The number of ether oxygens (including phenoxy) is 3. The summed E-state index contributed by atoms with van der Waals surface area (Å²) in [6.07, 6.45) is 3.63. The molecule has 0 saturated carbocycles. The summed E-state index contributed by atoms with van der Waals surface area (Å²) in [7, 11) is 0. The first-order valence-electron chi connectivity index (χ1n) is 14.4. The fraction of sp³-hybridized carbons (Fsp3) is 0.452. The Balaban J connectivity index is 1.12. The van der Waals surface area contributed by atoms with Gasteiger partial charge in [-0.2, -0.15) is 0 Å². The van der Waals surface area contributed by atoms with E-state index in [1.807, 2.05) is 75.3 Å². The Labute approximate surface area is 244 Å². The van der Waals surface area contributed by atoms with Crippen LogP contribution in [0.1, 0.15) is 39.1 Å². The minimum atomic E-state index is -0.510. The molecule has 1 amide bonds. The Morgan fingerprint density at radius 2 is 1.88 bits per heavy atom. The molecule has 1 fully saturated rings. The number of anilines is 1. The number of pyridine rings is 1. The molecule has 218 valence electrons. The van der Waals surface area contributed by atoms with Gasteiger partial charge >= 0.3 is 0 Å². The zero-order valence-electron chi connectivity index (χ0n) is 24.4. The SMILES string of the molecule is C[C@H]1CN(c2ncc(-c3ccc4nc5n(c4n3)C3(COC5)COc4ccccc43)cn2)CCN1C(=O)COC(C)(C)C. The van der Waals surface area contributed by atoms with Crippen LogP contribution in [0.15, 0.2) is 48.8 Å². The maximum absolute atomic E-state index is 12.7. The van der Waals surface area contributed by atoms with Gasteiger partial charge in [-0.15, -0.1) is 0 Å². The predicted octanol–water partition coefficient (Wildman–Crippen LogP) is 3.41. The Morgan fingerprint density at radius 3 is 2.67 bits per heavy atom. The van der Waals surface area contributed by atoms with E-state index in [-0.39, 0.29) is 24.2 Å². The highest BCUT2D eigenvalue weighted by Crippen LogP contribution is 2.44. The zero-order chi connectivity index (χ0) is 29.1. The molecular weight excluding hydrogens is 534 g/mol. The maximum atomic E-state index is 12.7. The number of nitrogens with zero attached hydrogens (tertiary/aromatic N) is 7. The third-order valence-electron chi connectivity index (χ3n) is 8.22. The first kappa shape index (κ1) is 26.8. The minimum Gasteiger partial charge on any atom is -0.490 e. The quantitative estimate of drug-likeness (QED) is 0.365. The van der Waals surface area contributed by atoms with Gasteiger partial charge in [-0.05, 0) is 45.9 Å². The Morgan fingerprint density at radius 1 is 1.07 bits per heavy atom. The number of fused-ring (bicyclic) bond motifs is 6. The van der Waals surface area contributed by atoms with Crippen molar-refractivity contribution < 1.29 is 19.0 Å². The number of rotatable bonds is 4. The Kier molecular flexibility index (Phi) is 6.39. The number of para-hydroxylation sites is 1. The van der Waals surface area contributed by atoms with Crippen molar-refractivity contribution in [2.45, 2.75) is 51.5 Å². The second-order valence-corrected chi connectivity index (χ2v) is 12.3. The normalized spacial score (nSPS) is 21.9. The second-order valence-electron chi connectivity index (χ2n) is 12.3. The number of carbonyl (C=O) groups excluding carboxylic acids is 1. The average Bonchev–Trinajstić information content (AvgIpc) is 3.55. The van der Waals surface area contributed by atoms with Crippen molar-refractivity contribution in [3.63, 3.8) is 0 Å². The van der Waals surface area contributed by atoms with Gasteiger partial charge in [0.05, 0.1) is 17.9 Å². The van der Waals surface area contributed by atoms with Crippen molar-refractivity contribution in [2.24, 2.45) is 0 Å². The number of hydrogen-bond acceptors (Lipinski definition) is 9. The molecule has 1 spiro atoms. The molecule has 0 radical (unpaired) electrons. The number of imidazole rings is 1. The molecule has 1 unspecified atom stereocenters. The lowest BCUT2D eigenvalue weighted by Gasteiger charge is -2.40. The zero-order valence-corrected chi connectivity index (χ0v) is 24.4. The largest absolute Gasteiger partial charge is 0.490 e. The van der Waals surface area contributed by atoms with Crippen LogP contribution in [0.25, 0.3) is 22.4 Å². The summed E-state index contributed by atoms with van der Waals surface area (Å²) in [6, 6.07) is 12.1. The molecule has 7 rings (SSSR count). The lowest BCUT2D eigenvalue weighted by Crippen LogP contribution is -2.55. The van der Waals surface area contributed by atoms with E-state index in [0.717, 1.165) is 39.6 Å². The molecular formula is C31H35N7O4. The molecule has 0 aliphatic carbocycles. The van der Waals surface area contributed by atoms with Crippen LogP contribution in [0, 0.1) is 0 Å². The van der Waals surface area contributed by atoms with Gasteiger partial charge in [0.15, 0.2) is 5.65 Å². The van der Waals surface area contributed by atoms with Gasteiger partial charge in [-0.1, -0.05) is 18.2 Å². The molecule has 11 heteroatoms. The number of benzene rings is 1. The molecule has 4 aromatic rings. The molecule has 0 N–H and O–H groups in total. The molecule has 1 saturated heterocycles. The predicted molar refractivity (Wildman–Crippen MR) is 156 cm³/mol. The van der Waals surface area contributed by atoms with E-state index in [0.29, 0.717) is 45.4 Å². The summed E-state index contributed by atoms with van der Waals surface area (Å²) in [5, 5.41) is 0. The van der Waals surface area contributed by atoms with E-state index in [1.165, 1.54) is 0 Å². The molecule has 1 aromatic carbocycles.